The first-order valence-corrected chi connectivity index (χ1v) is 6.33. The summed E-state index contributed by atoms with van der Waals surface area (Å²) in [6.07, 6.45) is 4.68. The lowest BCUT2D eigenvalue weighted by atomic mass is 10.2. The van der Waals surface area contributed by atoms with Crippen molar-refractivity contribution in [2.45, 2.75) is 19.4 Å². The number of rotatable bonds is 5. The molecule has 0 saturated carbocycles. The van der Waals surface area contributed by atoms with Gasteiger partial charge >= 0.3 is 0 Å². The number of thiophene rings is 1. The fourth-order valence-electron chi connectivity index (χ4n) is 1.52. The lowest BCUT2D eigenvalue weighted by Gasteiger charge is -2.15. The molecule has 1 atom stereocenters. The first kappa shape index (κ1) is 11.2. The molecule has 0 amide bonds. The summed E-state index contributed by atoms with van der Waals surface area (Å²) in [7, 11) is 0. The highest BCUT2D eigenvalue weighted by Crippen LogP contribution is 2.23. The third kappa shape index (κ3) is 2.65. The van der Waals surface area contributed by atoms with E-state index in [-0.39, 0.29) is 6.04 Å². The Labute approximate surface area is 99.6 Å². The zero-order valence-corrected chi connectivity index (χ0v) is 10.1. The summed E-state index contributed by atoms with van der Waals surface area (Å²) in [6, 6.07) is 6.15. The molecule has 3 nitrogen and oxygen atoms in total. The van der Waals surface area contributed by atoms with Gasteiger partial charge in [-0.15, -0.1) is 11.3 Å². The van der Waals surface area contributed by atoms with Crippen molar-refractivity contribution in [2.24, 2.45) is 0 Å². The van der Waals surface area contributed by atoms with E-state index in [1.807, 2.05) is 6.07 Å². The molecule has 0 aromatic carbocycles. The summed E-state index contributed by atoms with van der Waals surface area (Å²) < 4.78 is 0. The van der Waals surface area contributed by atoms with Gasteiger partial charge in [0, 0.05) is 17.3 Å². The molecule has 0 bridgehead atoms. The largest absolute Gasteiger partial charge is 0.303 e. The minimum Gasteiger partial charge on any atom is -0.303 e. The minimum atomic E-state index is 0.126. The van der Waals surface area contributed by atoms with E-state index in [0.717, 1.165) is 18.8 Å². The number of aromatic nitrogens is 2. The first-order chi connectivity index (χ1) is 7.92. The maximum atomic E-state index is 4.32. The molecule has 0 aliphatic heterocycles. The normalized spacial score (nSPS) is 12.6. The monoisotopic (exact) mass is 233 g/mol. The first-order valence-electron chi connectivity index (χ1n) is 5.45. The van der Waals surface area contributed by atoms with Crippen LogP contribution in [0.5, 0.6) is 0 Å². The molecule has 16 heavy (non-hydrogen) atoms. The Morgan fingerprint density at radius 3 is 2.75 bits per heavy atom. The van der Waals surface area contributed by atoms with Gasteiger partial charge in [0.2, 0.25) is 0 Å². The van der Waals surface area contributed by atoms with Crippen molar-refractivity contribution >= 4 is 11.3 Å². The lowest BCUT2D eigenvalue weighted by molar-refractivity contribution is 0.579. The van der Waals surface area contributed by atoms with Crippen LogP contribution < -0.4 is 5.32 Å². The van der Waals surface area contributed by atoms with Crippen molar-refractivity contribution in [3.63, 3.8) is 0 Å². The SMILES string of the molecule is CCCNC(c1ncccn1)c1cccs1. The molecule has 0 radical (unpaired) electrons. The van der Waals surface area contributed by atoms with Gasteiger partial charge in [-0.25, -0.2) is 9.97 Å². The second kappa shape index (κ2) is 5.72. The molecule has 1 unspecified atom stereocenters. The predicted octanol–water partition coefficient (Wildman–Crippen LogP) is 2.63. The quantitative estimate of drug-likeness (QED) is 0.862. The molecule has 2 heterocycles. The van der Waals surface area contributed by atoms with E-state index in [2.05, 4.69) is 39.7 Å². The maximum Gasteiger partial charge on any atom is 0.150 e. The molecule has 0 aliphatic carbocycles. The molecule has 84 valence electrons. The molecular formula is C12H15N3S. The highest BCUT2D eigenvalue weighted by atomic mass is 32.1. The fourth-order valence-corrected chi connectivity index (χ4v) is 2.32. The van der Waals surface area contributed by atoms with Gasteiger partial charge in [-0.3, -0.25) is 0 Å². The third-order valence-electron chi connectivity index (χ3n) is 2.27. The van der Waals surface area contributed by atoms with E-state index >= 15 is 0 Å². The molecule has 2 rings (SSSR count). The van der Waals surface area contributed by atoms with Crippen LogP contribution in [0.15, 0.2) is 36.0 Å². The maximum absolute atomic E-state index is 4.32. The van der Waals surface area contributed by atoms with Gasteiger partial charge in [-0.1, -0.05) is 13.0 Å². The van der Waals surface area contributed by atoms with Crippen LogP contribution in [0.3, 0.4) is 0 Å². The Kier molecular flexibility index (Phi) is 4.02. The summed E-state index contributed by atoms with van der Waals surface area (Å²) in [6.45, 7) is 3.13. The lowest BCUT2D eigenvalue weighted by Crippen LogP contribution is -2.24. The van der Waals surface area contributed by atoms with Gasteiger partial charge in [-0.05, 0) is 30.5 Å². The Morgan fingerprint density at radius 2 is 2.12 bits per heavy atom. The van der Waals surface area contributed by atoms with Gasteiger partial charge in [0.05, 0.1) is 0 Å². The number of nitrogens with zero attached hydrogens (tertiary/aromatic N) is 2. The van der Waals surface area contributed by atoms with Crippen LogP contribution in [-0.4, -0.2) is 16.5 Å². The molecule has 4 heteroatoms. The van der Waals surface area contributed by atoms with Gasteiger partial charge in [0.25, 0.3) is 0 Å². The van der Waals surface area contributed by atoms with E-state index in [4.69, 9.17) is 0 Å². The zero-order valence-electron chi connectivity index (χ0n) is 9.26. The molecule has 0 saturated heterocycles. The van der Waals surface area contributed by atoms with E-state index in [0.29, 0.717) is 0 Å². The van der Waals surface area contributed by atoms with E-state index < -0.39 is 0 Å². The second-order valence-corrected chi connectivity index (χ2v) is 4.49. The minimum absolute atomic E-state index is 0.126. The second-order valence-electron chi connectivity index (χ2n) is 3.51. The molecule has 2 aromatic rings. The van der Waals surface area contributed by atoms with Gasteiger partial charge in [0.1, 0.15) is 11.9 Å². The Bertz CT molecular complexity index is 399. The molecule has 2 aromatic heterocycles. The summed E-state index contributed by atoms with van der Waals surface area (Å²) in [5.74, 6) is 0.846. The molecule has 0 fully saturated rings. The molecule has 0 spiro atoms. The van der Waals surface area contributed by atoms with Crippen LogP contribution >= 0.6 is 11.3 Å². The van der Waals surface area contributed by atoms with E-state index in [1.54, 1.807) is 23.7 Å². The number of nitrogens with one attached hydrogen (secondary N) is 1. The van der Waals surface area contributed by atoms with Crippen molar-refractivity contribution in [2.75, 3.05) is 6.54 Å². The summed E-state index contributed by atoms with van der Waals surface area (Å²) in [4.78, 5) is 9.91. The van der Waals surface area contributed by atoms with Gasteiger partial charge in [0.15, 0.2) is 0 Å². The van der Waals surface area contributed by atoms with Crippen LogP contribution in [-0.2, 0) is 0 Å². The third-order valence-corrected chi connectivity index (χ3v) is 3.21. The van der Waals surface area contributed by atoms with Crippen LogP contribution in [0.4, 0.5) is 0 Å². The van der Waals surface area contributed by atoms with Crippen molar-refractivity contribution in [3.05, 3.63) is 46.7 Å². The Balaban J connectivity index is 2.21. The Morgan fingerprint density at radius 1 is 1.31 bits per heavy atom. The van der Waals surface area contributed by atoms with Crippen LogP contribution in [0.2, 0.25) is 0 Å². The van der Waals surface area contributed by atoms with Crippen LogP contribution in [0.25, 0.3) is 0 Å². The van der Waals surface area contributed by atoms with E-state index in [9.17, 15) is 0 Å². The standard InChI is InChI=1S/C12H15N3S/c1-2-6-13-11(10-5-3-9-16-10)12-14-7-4-8-15-12/h3-5,7-9,11,13H,2,6H2,1H3. The highest BCUT2D eigenvalue weighted by molar-refractivity contribution is 7.10. The molecule has 0 aliphatic rings. The Hall–Kier alpha value is -1.26. The van der Waals surface area contributed by atoms with Gasteiger partial charge < -0.3 is 5.32 Å². The van der Waals surface area contributed by atoms with Crippen molar-refractivity contribution in [3.8, 4) is 0 Å². The fraction of sp³-hybridized carbons (Fsp3) is 0.333. The zero-order chi connectivity index (χ0) is 11.2. The summed E-state index contributed by atoms with van der Waals surface area (Å²) >= 11 is 1.73. The van der Waals surface area contributed by atoms with Crippen LogP contribution in [0, 0.1) is 0 Å². The summed E-state index contributed by atoms with van der Waals surface area (Å²) in [5, 5.41) is 5.56. The smallest absolute Gasteiger partial charge is 0.150 e. The van der Waals surface area contributed by atoms with Crippen molar-refractivity contribution in [1.82, 2.24) is 15.3 Å². The average Bonchev–Trinajstić information content (AvgIpc) is 2.85. The predicted molar refractivity (Wildman–Crippen MR) is 66.5 cm³/mol. The highest BCUT2D eigenvalue weighted by Gasteiger charge is 2.16. The summed E-state index contributed by atoms with van der Waals surface area (Å²) in [5.41, 5.74) is 0. The van der Waals surface area contributed by atoms with E-state index in [1.165, 1.54) is 4.88 Å². The molecular weight excluding hydrogens is 218 g/mol. The number of hydrogen-bond donors (Lipinski definition) is 1. The average molecular weight is 233 g/mol. The van der Waals surface area contributed by atoms with Crippen LogP contribution in [0.1, 0.15) is 30.1 Å². The van der Waals surface area contributed by atoms with Crippen molar-refractivity contribution < 1.29 is 0 Å². The molecule has 1 N–H and O–H groups in total. The topological polar surface area (TPSA) is 37.8 Å². The van der Waals surface area contributed by atoms with Crippen molar-refractivity contribution in [1.29, 1.82) is 0 Å². The van der Waals surface area contributed by atoms with Gasteiger partial charge in [-0.2, -0.15) is 0 Å². The number of hydrogen-bond acceptors (Lipinski definition) is 4.